The minimum atomic E-state index is -0.660. The first-order chi connectivity index (χ1) is 16.0. The zero-order valence-electron chi connectivity index (χ0n) is 17.6. The second-order valence-corrected chi connectivity index (χ2v) is 7.91. The minimum Gasteiger partial charge on any atom is -0.506 e. The molecule has 2 aromatic heterocycles. The molecule has 0 bridgehead atoms. The molecule has 1 N–H and O–H groups in total. The average molecular weight is 456 g/mol. The number of halogens is 1. The molecule has 3 aromatic carbocycles. The third-order valence-electron chi connectivity index (χ3n) is 5.43. The summed E-state index contributed by atoms with van der Waals surface area (Å²) < 4.78 is 10.7. The van der Waals surface area contributed by atoms with Gasteiger partial charge < -0.3 is 14.3 Å². The highest BCUT2D eigenvalue weighted by Gasteiger charge is 2.19. The summed E-state index contributed by atoms with van der Waals surface area (Å²) in [6.45, 7) is 0. The number of para-hydroxylation sites is 1. The number of aromatic hydroxyl groups is 1. The predicted molar refractivity (Wildman–Crippen MR) is 130 cm³/mol. The second-order valence-electron chi connectivity index (χ2n) is 7.47. The molecule has 0 radical (unpaired) electrons. The van der Waals surface area contributed by atoms with Crippen molar-refractivity contribution in [2.45, 2.75) is 0 Å². The summed E-state index contributed by atoms with van der Waals surface area (Å²) in [4.78, 5) is 17.6. The molecular formula is C27H18ClNO4. The minimum absolute atomic E-state index is 0.0132. The van der Waals surface area contributed by atoms with E-state index in [1.807, 2.05) is 42.5 Å². The summed E-state index contributed by atoms with van der Waals surface area (Å²) in [6.07, 6.45) is 0. The molecule has 6 heteroatoms. The van der Waals surface area contributed by atoms with E-state index in [-0.39, 0.29) is 11.3 Å². The van der Waals surface area contributed by atoms with Gasteiger partial charge in [-0.3, -0.25) is 0 Å². The van der Waals surface area contributed by atoms with Gasteiger partial charge in [0.15, 0.2) is 0 Å². The molecule has 162 valence electrons. The van der Waals surface area contributed by atoms with Crippen LogP contribution in [0.3, 0.4) is 0 Å². The van der Waals surface area contributed by atoms with Crippen molar-refractivity contribution in [3.8, 4) is 45.1 Å². The maximum Gasteiger partial charge on any atom is 0.349 e. The molecule has 0 amide bonds. The Hall–Kier alpha value is -4.09. The van der Waals surface area contributed by atoms with Gasteiger partial charge >= 0.3 is 5.63 Å². The van der Waals surface area contributed by atoms with Crippen molar-refractivity contribution in [3.05, 3.63) is 100 Å². The molecule has 0 fully saturated rings. The monoisotopic (exact) mass is 455 g/mol. The molecule has 5 nitrogen and oxygen atoms in total. The van der Waals surface area contributed by atoms with Gasteiger partial charge in [0.1, 0.15) is 22.6 Å². The van der Waals surface area contributed by atoms with Gasteiger partial charge in [-0.25, -0.2) is 9.78 Å². The maximum atomic E-state index is 12.9. The number of methoxy groups -OCH3 is 1. The van der Waals surface area contributed by atoms with Gasteiger partial charge in [0.2, 0.25) is 0 Å². The Morgan fingerprint density at radius 1 is 0.848 bits per heavy atom. The van der Waals surface area contributed by atoms with Gasteiger partial charge in [-0.15, -0.1) is 0 Å². The standard InChI is InChI=1S/C27H18ClNO4/c1-32-20-12-8-16(9-13-20)18-14-22(17-6-10-19(28)11-7-17)29-23(15-18)25-26(30)21-4-2-3-5-24(21)33-27(25)31/h2-15,30H,1H3. The van der Waals surface area contributed by atoms with Crippen LogP contribution in [0, 0.1) is 0 Å². The Labute approximate surface area is 194 Å². The first kappa shape index (κ1) is 20.8. The third kappa shape index (κ3) is 3.95. The summed E-state index contributed by atoms with van der Waals surface area (Å²) in [6, 6.07) is 25.4. The van der Waals surface area contributed by atoms with E-state index >= 15 is 0 Å². The van der Waals surface area contributed by atoms with Crippen LogP contribution in [0.4, 0.5) is 0 Å². The number of fused-ring (bicyclic) bond motifs is 1. The molecule has 5 aromatic rings. The Balaban J connectivity index is 1.76. The van der Waals surface area contributed by atoms with Crippen molar-refractivity contribution in [1.82, 2.24) is 4.98 Å². The lowest BCUT2D eigenvalue weighted by molar-refractivity contribution is 0.415. The molecule has 0 saturated carbocycles. The fourth-order valence-corrected chi connectivity index (χ4v) is 3.86. The van der Waals surface area contributed by atoms with Crippen LogP contribution in [0.15, 0.2) is 94.1 Å². The van der Waals surface area contributed by atoms with Gasteiger partial charge in [0.25, 0.3) is 0 Å². The Morgan fingerprint density at radius 3 is 2.24 bits per heavy atom. The van der Waals surface area contributed by atoms with E-state index in [9.17, 15) is 9.90 Å². The van der Waals surface area contributed by atoms with Crippen molar-refractivity contribution in [2.24, 2.45) is 0 Å². The first-order valence-electron chi connectivity index (χ1n) is 10.2. The van der Waals surface area contributed by atoms with Gasteiger partial charge in [-0.2, -0.15) is 0 Å². The average Bonchev–Trinajstić information content (AvgIpc) is 2.84. The summed E-state index contributed by atoms with van der Waals surface area (Å²) in [7, 11) is 1.61. The van der Waals surface area contributed by atoms with Crippen LogP contribution < -0.4 is 10.4 Å². The van der Waals surface area contributed by atoms with E-state index in [2.05, 4.69) is 0 Å². The zero-order valence-corrected chi connectivity index (χ0v) is 18.3. The molecule has 0 atom stereocenters. The number of pyridine rings is 1. The predicted octanol–water partition coefficient (Wildman–Crippen LogP) is 6.56. The van der Waals surface area contributed by atoms with Crippen molar-refractivity contribution >= 4 is 22.6 Å². The van der Waals surface area contributed by atoms with Gasteiger partial charge in [0, 0.05) is 10.6 Å². The molecule has 0 aliphatic rings. The van der Waals surface area contributed by atoms with E-state index in [0.29, 0.717) is 27.4 Å². The number of nitrogens with zero attached hydrogens (tertiary/aromatic N) is 1. The van der Waals surface area contributed by atoms with Crippen LogP contribution in [0.2, 0.25) is 5.02 Å². The molecular weight excluding hydrogens is 438 g/mol. The normalized spacial score (nSPS) is 11.0. The van der Waals surface area contributed by atoms with E-state index < -0.39 is 5.63 Å². The molecule has 0 spiro atoms. The van der Waals surface area contributed by atoms with Crippen LogP contribution in [-0.4, -0.2) is 17.2 Å². The summed E-state index contributed by atoms with van der Waals surface area (Å²) in [5.74, 6) is 0.571. The third-order valence-corrected chi connectivity index (χ3v) is 5.68. The number of benzene rings is 3. The van der Waals surface area contributed by atoms with Crippen LogP contribution >= 0.6 is 11.6 Å². The van der Waals surface area contributed by atoms with E-state index in [1.165, 1.54) is 0 Å². The quantitative estimate of drug-likeness (QED) is 0.311. The fraction of sp³-hybridized carbons (Fsp3) is 0.0370. The Bertz CT molecular complexity index is 1520. The number of rotatable bonds is 4. The van der Waals surface area contributed by atoms with Crippen LogP contribution in [-0.2, 0) is 0 Å². The topological polar surface area (TPSA) is 72.6 Å². The van der Waals surface area contributed by atoms with Gasteiger partial charge in [0.05, 0.1) is 23.9 Å². The van der Waals surface area contributed by atoms with Crippen molar-refractivity contribution in [2.75, 3.05) is 7.11 Å². The zero-order chi connectivity index (χ0) is 22.9. The molecule has 0 aliphatic carbocycles. The number of aromatic nitrogens is 1. The van der Waals surface area contributed by atoms with Crippen molar-refractivity contribution in [3.63, 3.8) is 0 Å². The maximum absolute atomic E-state index is 12.9. The molecule has 2 heterocycles. The number of ether oxygens (including phenoxy) is 1. The van der Waals surface area contributed by atoms with Gasteiger partial charge in [-0.1, -0.05) is 48.0 Å². The largest absolute Gasteiger partial charge is 0.506 e. The lowest BCUT2D eigenvalue weighted by atomic mass is 9.99. The second kappa shape index (κ2) is 8.45. The van der Waals surface area contributed by atoms with Crippen molar-refractivity contribution < 1.29 is 14.3 Å². The number of hydrogen-bond acceptors (Lipinski definition) is 5. The van der Waals surface area contributed by atoms with Crippen LogP contribution in [0.25, 0.3) is 44.6 Å². The summed E-state index contributed by atoms with van der Waals surface area (Å²) in [5.41, 5.74) is 3.15. The van der Waals surface area contributed by atoms with E-state index in [1.54, 1.807) is 49.6 Å². The van der Waals surface area contributed by atoms with E-state index in [0.717, 1.165) is 22.4 Å². The molecule has 5 rings (SSSR count). The van der Waals surface area contributed by atoms with Crippen LogP contribution in [0.1, 0.15) is 0 Å². The van der Waals surface area contributed by atoms with E-state index in [4.69, 9.17) is 25.7 Å². The highest BCUT2D eigenvalue weighted by molar-refractivity contribution is 6.30. The highest BCUT2D eigenvalue weighted by atomic mass is 35.5. The molecule has 0 aliphatic heterocycles. The highest BCUT2D eigenvalue weighted by Crippen LogP contribution is 2.36. The fourth-order valence-electron chi connectivity index (χ4n) is 3.74. The Kier molecular flexibility index (Phi) is 5.32. The lowest BCUT2D eigenvalue weighted by Gasteiger charge is -2.12. The summed E-state index contributed by atoms with van der Waals surface area (Å²) >= 11 is 6.06. The number of hydrogen-bond donors (Lipinski definition) is 1. The van der Waals surface area contributed by atoms with Crippen LogP contribution in [0.5, 0.6) is 11.5 Å². The SMILES string of the molecule is COc1ccc(-c2cc(-c3ccc(Cl)cc3)nc(-c3c(O)c4ccccc4oc3=O)c2)cc1. The molecule has 0 unspecified atom stereocenters. The summed E-state index contributed by atoms with van der Waals surface area (Å²) in [5, 5.41) is 12.0. The lowest BCUT2D eigenvalue weighted by Crippen LogP contribution is -2.05. The molecule has 0 saturated heterocycles. The Morgan fingerprint density at radius 2 is 1.52 bits per heavy atom. The molecule has 33 heavy (non-hydrogen) atoms. The van der Waals surface area contributed by atoms with Gasteiger partial charge in [-0.05, 0) is 59.7 Å². The first-order valence-corrected chi connectivity index (χ1v) is 10.6. The smallest absolute Gasteiger partial charge is 0.349 e. The van der Waals surface area contributed by atoms with Crippen molar-refractivity contribution in [1.29, 1.82) is 0 Å².